The molecule has 1 unspecified atom stereocenters. The molecular formula is C13H15N3O. The quantitative estimate of drug-likeness (QED) is 0.833. The minimum absolute atomic E-state index is 0.382. The molecule has 0 aliphatic rings. The van der Waals surface area contributed by atoms with Gasteiger partial charge in [-0.2, -0.15) is 0 Å². The zero-order chi connectivity index (χ0) is 12.4. The van der Waals surface area contributed by atoms with E-state index in [4.69, 9.17) is 5.73 Å². The highest BCUT2D eigenvalue weighted by Crippen LogP contribution is 2.19. The first-order chi connectivity index (χ1) is 8.11. The Labute approximate surface area is 99.8 Å². The number of benzene rings is 1. The van der Waals surface area contributed by atoms with Gasteiger partial charge >= 0.3 is 0 Å². The van der Waals surface area contributed by atoms with E-state index in [9.17, 15) is 4.79 Å². The number of aryl methyl sites for hydroxylation is 1. The third-order valence-electron chi connectivity index (χ3n) is 2.76. The van der Waals surface area contributed by atoms with Crippen molar-refractivity contribution >= 4 is 16.8 Å². The lowest BCUT2D eigenvalue weighted by Gasteiger charge is -2.13. The van der Waals surface area contributed by atoms with Crippen LogP contribution >= 0.6 is 0 Å². The highest BCUT2D eigenvalue weighted by molar-refractivity contribution is 5.85. The van der Waals surface area contributed by atoms with Crippen LogP contribution in [0.4, 0.5) is 0 Å². The Morgan fingerprint density at radius 3 is 2.76 bits per heavy atom. The molecule has 0 saturated carbocycles. The number of nitrogens with zero attached hydrogens (tertiary/aromatic N) is 1. The summed E-state index contributed by atoms with van der Waals surface area (Å²) in [6, 6.07) is 9.21. The predicted molar refractivity (Wildman–Crippen MR) is 67.5 cm³/mol. The Kier molecular flexibility index (Phi) is 3.06. The Bertz CT molecular complexity index is 566. The van der Waals surface area contributed by atoms with Gasteiger partial charge in [-0.1, -0.05) is 12.1 Å². The minimum Gasteiger partial charge on any atom is -0.368 e. The van der Waals surface area contributed by atoms with Crippen molar-refractivity contribution in [2.75, 3.05) is 7.05 Å². The number of carbonyl (C=O) groups excluding carboxylic acids is 1. The van der Waals surface area contributed by atoms with Crippen molar-refractivity contribution in [1.82, 2.24) is 10.3 Å². The average molecular weight is 229 g/mol. The standard InChI is InChI=1S/C13H15N3O/c1-8-3-4-9-7-10(5-6-11(9)16-8)12(15-2)13(14)17/h3-7,12,15H,1-2H3,(H2,14,17). The van der Waals surface area contributed by atoms with Crippen molar-refractivity contribution in [2.45, 2.75) is 13.0 Å². The van der Waals surface area contributed by atoms with E-state index in [1.165, 1.54) is 0 Å². The van der Waals surface area contributed by atoms with Crippen molar-refractivity contribution in [3.8, 4) is 0 Å². The van der Waals surface area contributed by atoms with Crippen LogP contribution < -0.4 is 11.1 Å². The van der Waals surface area contributed by atoms with E-state index < -0.39 is 6.04 Å². The van der Waals surface area contributed by atoms with Crippen molar-refractivity contribution < 1.29 is 4.79 Å². The Hall–Kier alpha value is -1.94. The summed E-state index contributed by atoms with van der Waals surface area (Å²) in [5, 5.41) is 3.91. The van der Waals surface area contributed by atoms with Gasteiger partial charge in [0.15, 0.2) is 0 Å². The highest BCUT2D eigenvalue weighted by Gasteiger charge is 2.15. The molecule has 1 aromatic heterocycles. The van der Waals surface area contributed by atoms with Crippen LogP contribution in [0, 0.1) is 6.92 Å². The first-order valence-corrected chi connectivity index (χ1v) is 5.45. The monoisotopic (exact) mass is 229 g/mol. The molecule has 0 saturated heterocycles. The van der Waals surface area contributed by atoms with Gasteiger partial charge < -0.3 is 11.1 Å². The molecule has 1 heterocycles. The van der Waals surface area contributed by atoms with Gasteiger partial charge in [-0.05, 0) is 37.7 Å². The topological polar surface area (TPSA) is 68.0 Å². The lowest BCUT2D eigenvalue weighted by molar-refractivity contribution is -0.120. The van der Waals surface area contributed by atoms with Crippen LogP contribution in [-0.2, 0) is 4.79 Å². The molecule has 0 spiro atoms. The molecule has 4 nitrogen and oxygen atoms in total. The molecule has 2 rings (SSSR count). The summed E-state index contributed by atoms with van der Waals surface area (Å²) in [6.45, 7) is 1.95. The van der Waals surface area contributed by atoms with Crippen molar-refractivity contribution in [3.63, 3.8) is 0 Å². The first kappa shape index (κ1) is 11.5. The zero-order valence-corrected chi connectivity index (χ0v) is 9.90. The smallest absolute Gasteiger partial charge is 0.239 e. The number of rotatable bonds is 3. The fraction of sp³-hybridized carbons (Fsp3) is 0.231. The SMILES string of the molecule is CNC(C(N)=O)c1ccc2nc(C)ccc2c1. The van der Waals surface area contributed by atoms with Crippen molar-refractivity contribution in [1.29, 1.82) is 0 Å². The summed E-state index contributed by atoms with van der Waals surface area (Å²) in [7, 11) is 1.72. The van der Waals surface area contributed by atoms with Gasteiger partial charge in [0, 0.05) is 11.1 Å². The number of aromatic nitrogens is 1. The largest absolute Gasteiger partial charge is 0.368 e. The molecule has 0 aliphatic carbocycles. The summed E-state index contributed by atoms with van der Waals surface area (Å²) < 4.78 is 0. The van der Waals surface area contributed by atoms with Crippen LogP contribution in [0.3, 0.4) is 0 Å². The maximum atomic E-state index is 11.3. The van der Waals surface area contributed by atoms with E-state index in [1.54, 1.807) is 7.05 Å². The van der Waals surface area contributed by atoms with Crippen LogP contribution in [0.2, 0.25) is 0 Å². The van der Waals surface area contributed by atoms with Gasteiger partial charge in [0.05, 0.1) is 5.52 Å². The number of nitrogens with two attached hydrogens (primary N) is 1. The van der Waals surface area contributed by atoms with Gasteiger partial charge in [-0.3, -0.25) is 9.78 Å². The summed E-state index contributed by atoms with van der Waals surface area (Å²) in [5.41, 5.74) is 8.09. The number of pyridine rings is 1. The fourth-order valence-corrected chi connectivity index (χ4v) is 1.90. The van der Waals surface area contributed by atoms with Crippen LogP contribution in [0.25, 0.3) is 10.9 Å². The van der Waals surface area contributed by atoms with E-state index in [-0.39, 0.29) is 5.91 Å². The van der Waals surface area contributed by atoms with Crippen LogP contribution in [0.5, 0.6) is 0 Å². The Morgan fingerprint density at radius 2 is 2.12 bits per heavy atom. The van der Waals surface area contributed by atoms with Gasteiger partial charge in [-0.25, -0.2) is 0 Å². The third-order valence-corrected chi connectivity index (χ3v) is 2.76. The van der Waals surface area contributed by atoms with E-state index >= 15 is 0 Å². The molecule has 0 bridgehead atoms. The van der Waals surface area contributed by atoms with Crippen molar-refractivity contribution in [3.05, 3.63) is 41.6 Å². The Balaban J connectivity index is 2.50. The predicted octanol–water partition coefficient (Wildman–Crippen LogP) is 1.29. The lowest BCUT2D eigenvalue weighted by Crippen LogP contribution is -2.31. The summed E-state index contributed by atoms with van der Waals surface area (Å²) >= 11 is 0. The number of hydrogen-bond acceptors (Lipinski definition) is 3. The molecule has 0 radical (unpaired) electrons. The number of nitrogens with one attached hydrogen (secondary N) is 1. The van der Waals surface area contributed by atoms with Gasteiger partial charge in [0.2, 0.25) is 5.91 Å². The van der Waals surface area contributed by atoms with Gasteiger partial charge in [0.25, 0.3) is 0 Å². The van der Waals surface area contributed by atoms with E-state index in [0.29, 0.717) is 0 Å². The summed E-state index contributed by atoms with van der Waals surface area (Å²) in [6.07, 6.45) is 0. The number of fused-ring (bicyclic) bond motifs is 1. The van der Waals surface area contributed by atoms with Crippen LogP contribution in [0.15, 0.2) is 30.3 Å². The minimum atomic E-state index is -0.458. The molecule has 2 aromatic rings. The number of amides is 1. The zero-order valence-electron chi connectivity index (χ0n) is 9.90. The molecule has 1 atom stereocenters. The van der Waals surface area contributed by atoms with E-state index in [1.807, 2.05) is 37.3 Å². The molecule has 0 aliphatic heterocycles. The van der Waals surface area contributed by atoms with Gasteiger partial charge in [-0.15, -0.1) is 0 Å². The maximum Gasteiger partial charge on any atom is 0.239 e. The highest BCUT2D eigenvalue weighted by atomic mass is 16.1. The summed E-state index contributed by atoms with van der Waals surface area (Å²) in [4.78, 5) is 15.7. The van der Waals surface area contributed by atoms with Crippen LogP contribution in [0.1, 0.15) is 17.3 Å². The number of primary amides is 1. The van der Waals surface area contributed by atoms with Crippen LogP contribution in [-0.4, -0.2) is 17.9 Å². The molecular weight excluding hydrogens is 214 g/mol. The third kappa shape index (κ3) is 2.26. The summed E-state index contributed by atoms with van der Waals surface area (Å²) in [5.74, 6) is -0.382. The second-order valence-electron chi connectivity index (χ2n) is 4.03. The second-order valence-corrected chi connectivity index (χ2v) is 4.03. The van der Waals surface area contributed by atoms with Gasteiger partial charge in [0.1, 0.15) is 6.04 Å². The Morgan fingerprint density at radius 1 is 1.35 bits per heavy atom. The van der Waals surface area contributed by atoms with E-state index in [2.05, 4.69) is 10.3 Å². The fourth-order valence-electron chi connectivity index (χ4n) is 1.90. The molecule has 1 amide bonds. The lowest BCUT2D eigenvalue weighted by atomic mass is 10.0. The van der Waals surface area contributed by atoms with Crippen molar-refractivity contribution in [2.24, 2.45) is 5.73 Å². The molecule has 0 fully saturated rings. The molecule has 3 N–H and O–H groups in total. The maximum absolute atomic E-state index is 11.3. The first-order valence-electron chi connectivity index (χ1n) is 5.45. The van der Waals surface area contributed by atoms with E-state index in [0.717, 1.165) is 22.2 Å². The second kappa shape index (κ2) is 4.51. The molecule has 88 valence electrons. The molecule has 1 aromatic carbocycles. The number of carbonyl (C=O) groups is 1. The average Bonchev–Trinajstić information content (AvgIpc) is 2.29. The normalized spacial score (nSPS) is 12.6. The molecule has 4 heteroatoms. The number of likely N-dealkylation sites (N-methyl/N-ethyl adjacent to an activating group) is 1. The number of hydrogen-bond donors (Lipinski definition) is 2. The molecule has 17 heavy (non-hydrogen) atoms.